The van der Waals surface area contributed by atoms with E-state index in [-0.39, 0.29) is 12.8 Å². The van der Waals surface area contributed by atoms with Gasteiger partial charge in [-0.25, -0.2) is 0 Å². The number of nitrogens with zero attached hydrogens (tertiary/aromatic N) is 3. The number of aliphatic hydroxyl groups is 1. The monoisotopic (exact) mass is 187 g/mol. The van der Waals surface area contributed by atoms with Crippen LogP contribution in [0.3, 0.4) is 0 Å². The van der Waals surface area contributed by atoms with Crippen LogP contribution in [0.1, 0.15) is 12.8 Å². The minimum Gasteiger partial charge on any atom is -0.390 e. The maximum absolute atomic E-state index is 9.45. The molecule has 1 aliphatic rings. The lowest BCUT2D eigenvalue weighted by Gasteiger charge is -2.32. The molecule has 6 nitrogen and oxygen atoms in total. The van der Waals surface area contributed by atoms with Gasteiger partial charge in [0.05, 0.1) is 18.8 Å². The second-order valence-electron chi connectivity index (χ2n) is 2.90. The van der Waals surface area contributed by atoms with Gasteiger partial charge in [0.1, 0.15) is 0 Å². The Morgan fingerprint density at radius 3 is 3.08 bits per heavy atom. The topological polar surface area (TPSA) is 87.5 Å². The van der Waals surface area contributed by atoms with E-state index in [9.17, 15) is 5.11 Å². The number of ether oxygens (including phenoxy) is 2. The van der Waals surface area contributed by atoms with E-state index in [1.807, 2.05) is 0 Å². The number of methoxy groups -OCH3 is 1. The van der Waals surface area contributed by atoms with Crippen molar-refractivity contribution in [3.63, 3.8) is 0 Å². The fourth-order valence-electron chi connectivity index (χ4n) is 1.30. The first-order valence-electron chi connectivity index (χ1n) is 4.15. The molecular weight excluding hydrogens is 174 g/mol. The molecule has 0 spiro atoms. The van der Waals surface area contributed by atoms with Gasteiger partial charge in [-0.3, -0.25) is 0 Å². The SMILES string of the molecule is CO[C@@H]1CC[C@H](O)[C@@H](CN=[N+]=[N-])O1. The Hall–Kier alpha value is -0.810. The van der Waals surface area contributed by atoms with Gasteiger partial charge in [-0.05, 0) is 12.0 Å². The summed E-state index contributed by atoms with van der Waals surface area (Å²) in [5, 5.41) is 12.8. The molecule has 1 heterocycles. The molecule has 1 saturated heterocycles. The summed E-state index contributed by atoms with van der Waals surface area (Å²) in [5.41, 5.74) is 8.10. The molecule has 1 aliphatic heterocycles. The summed E-state index contributed by atoms with van der Waals surface area (Å²) < 4.78 is 10.3. The maximum atomic E-state index is 9.45. The van der Waals surface area contributed by atoms with Crippen molar-refractivity contribution in [1.29, 1.82) is 0 Å². The Labute approximate surface area is 76.1 Å². The van der Waals surface area contributed by atoms with Crippen LogP contribution in [-0.2, 0) is 9.47 Å². The van der Waals surface area contributed by atoms with Gasteiger partial charge in [0.25, 0.3) is 0 Å². The van der Waals surface area contributed by atoms with Crippen LogP contribution in [0, 0.1) is 0 Å². The first kappa shape index (κ1) is 10.3. The molecule has 0 amide bonds. The lowest BCUT2D eigenvalue weighted by molar-refractivity contribution is -0.208. The minimum absolute atomic E-state index is 0.150. The fraction of sp³-hybridized carbons (Fsp3) is 1.00. The zero-order valence-electron chi connectivity index (χ0n) is 7.46. The van der Waals surface area contributed by atoms with Crippen molar-refractivity contribution in [1.82, 2.24) is 0 Å². The Bertz CT molecular complexity index is 205. The normalized spacial score (nSPS) is 33.8. The van der Waals surface area contributed by atoms with E-state index in [1.54, 1.807) is 7.11 Å². The summed E-state index contributed by atoms with van der Waals surface area (Å²) in [5.74, 6) is 0. The minimum atomic E-state index is -0.558. The van der Waals surface area contributed by atoms with Crippen molar-refractivity contribution in [2.24, 2.45) is 5.11 Å². The highest BCUT2D eigenvalue weighted by Gasteiger charge is 2.28. The van der Waals surface area contributed by atoms with Gasteiger partial charge < -0.3 is 14.6 Å². The van der Waals surface area contributed by atoms with E-state index >= 15 is 0 Å². The predicted octanol–water partition coefficient (Wildman–Crippen LogP) is 0.809. The van der Waals surface area contributed by atoms with Crippen molar-refractivity contribution in [2.45, 2.75) is 31.3 Å². The van der Waals surface area contributed by atoms with E-state index in [4.69, 9.17) is 15.0 Å². The van der Waals surface area contributed by atoms with Crippen LogP contribution in [0.2, 0.25) is 0 Å². The summed E-state index contributed by atoms with van der Waals surface area (Å²) in [4.78, 5) is 2.61. The van der Waals surface area contributed by atoms with Crippen molar-refractivity contribution >= 4 is 0 Å². The molecule has 1 fully saturated rings. The van der Waals surface area contributed by atoms with Gasteiger partial charge in [-0.1, -0.05) is 5.11 Å². The number of azide groups is 1. The third kappa shape index (κ3) is 2.86. The molecule has 0 saturated carbocycles. The average Bonchev–Trinajstić information content (AvgIpc) is 2.17. The second kappa shape index (κ2) is 5.04. The van der Waals surface area contributed by atoms with Gasteiger partial charge in [-0.2, -0.15) is 0 Å². The first-order chi connectivity index (χ1) is 6.27. The largest absolute Gasteiger partial charge is 0.390 e. The number of hydrogen-bond acceptors (Lipinski definition) is 4. The zero-order valence-corrected chi connectivity index (χ0v) is 7.46. The second-order valence-corrected chi connectivity index (χ2v) is 2.90. The molecule has 0 bridgehead atoms. The van der Waals surface area contributed by atoms with Gasteiger partial charge in [0.2, 0.25) is 0 Å². The highest BCUT2D eigenvalue weighted by molar-refractivity contribution is 4.77. The third-order valence-corrected chi connectivity index (χ3v) is 2.04. The summed E-state index contributed by atoms with van der Waals surface area (Å²) in [7, 11) is 1.55. The van der Waals surface area contributed by atoms with E-state index in [0.717, 1.165) is 0 Å². The van der Waals surface area contributed by atoms with Crippen LogP contribution in [0.5, 0.6) is 0 Å². The first-order valence-corrected chi connectivity index (χ1v) is 4.15. The van der Waals surface area contributed by atoms with Crippen molar-refractivity contribution in [3.05, 3.63) is 10.4 Å². The van der Waals surface area contributed by atoms with E-state index in [2.05, 4.69) is 10.0 Å². The van der Waals surface area contributed by atoms with Crippen molar-refractivity contribution in [2.75, 3.05) is 13.7 Å². The smallest absolute Gasteiger partial charge is 0.157 e. The number of aliphatic hydroxyl groups excluding tert-OH is 1. The molecule has 0 radical (unpaired) electrons. The Kier molecular flexibility index (Phi) is 3.98. The van der Waals surface area contributed by atoms with E-state index in [0.29, 0.717) is 12.8 Å². The standard InChI is InChI=1S/C7H13N3O3/c1-12-7-3-2-5(11)6(13-7)4-9-10-8/h5-7,11H,2-4H2,1H3/t5-,6+,7-/m0/s1. The molecule has 1 N–H and O–H groups in total. The number of hydrogen-bond donors (Lipinski definition) is 1. The molecule has 13 heavy (non-hydrogen) atoms. The highest BCUT2D eigenvalue weighted by Crippen LogP contribution is 2.20. The van der Waals surface area contributed by atoms with Crippen LogP contribution >= 0.6 is 0 Å². The summed E-state index contributed by atoms with van der Waals surface area (Å²) >= 11 is 0. The fourth-order valence-corrected chi connectivity index (χ4v) is 1.30. The van der Waals surface area contributed by atoms with Crippen LogP contribution in [0.25, 0.3) is 10.4 Å². The van der Waals surface area contributed by atoms with Crippen LogP contribution < -0.4 is 0 Å². The molecular formula is C7H13N3O3. The molecule has 74 valence electrons. The lowest BCUT2D eigenvalue weighted by atomic mass is 10.1. The Morgan fingerprint density at radius 1 is 1.69 bits per heavy atom. The van der Waals surface area contributed by atoms with Gasteiger partial charge in [-0.15, -0.1) is 0 Å². The van der Waals surface area contributed by atoms with Crippen LogP contribution in [0.4, 0.5) is 0 Å². The highest BCUT2D eigenvalue weighted by atomic mass is 16.7. The Balaban J connectivity index is 2.44. The van der Waals surface area contributed by atoms with Gasteiger partial charge in [0, 0.05) is 18.4 Å². The Morgan fingerprint density at radius 2 is 2.46 bits per heavy atom. The molecule has 0 aromatic rings. The van der Waals surface area contributed by atoms with Crippen LogP contribution in [0.15, 0.2) is 5.11 Å². The van der Waals surface area contributed by atoms with Crippen LogP contribution in [-0.4, -0.2) is 37.3 Å². The van der Waals surface area contributed by atoms with Crippen molar-refractivity contribution < 1.29 is 14.6 Å². The summed E-state index contributed by atoms with van der Waals surface area (Å²) in [6.45, 7) is 0.150. The maximum Gasteiger partial charge on any atom is 0.157 e. The zero-order chi connectivity index (χ0) is 9.68. The lowest BCUT2D eigenvalue weighted by Crippen LogP contribution is -2.41. The summed E-state index contributed by atoms with van der Waals surface area (Å²) in [6.07, 6.45) is 0.00274. The van der Waals surface area contributed by atoms with E-state index in [1.165, 1.54) is 0 Å². The molecule has 0 aromatic carbocycles. The molecule has 6 heteroatoms. The quantitative estimate of drug-likeness (QED) is 0.403. The third-order valence-electron chi connectivity index (χ3n) is 2.04. The molecule has 3 atom stereocenters. The molecule has 0 unspecified atom stereocenters. The summed E-state index contributed by atoms with van der Waals surface area (Å²) in [6, 6.07) is 0. The molecule has 0 aliphatic carbocycles. The molecule has 0 aromatic heterocycles. The predicted molar refractivity (Wildman–Crippen MR) is 44.9 cm³/mol. The molecule has 1 rings (SSSR count). The van der Waals surface area contributed by atoms with Crippen molar-refractivity contribution in [3.8, 4) is 0 Å². The van der Waals surface area contributed by atoms with Gasteiger partial charge >= 0.3 is 0 Å². The van der Waals surface area contributed by atoms with E-state index < -0.39 is 12.2 Å². The average molecular weight is 187 g/mol. The van der Waals surface area contributed by atoms with Gasteiger partial charge in [0.15, 0.2) is 6.29 Å². The number of rotatable bonds is 3.